The van der Waals surface area contributed by atoms with Gasteiger partial charge in [0.25, 0.3) is 5.56 Å². The van der Waals surface area contributed by atoms with Gasteiger partial charge in [-0.2, -0.15) is 0 Å². The van der Waals surface area contributed by atoms with Gasteiger partial charge in [-0.05, 0) is 59.4 Å². The number of nitrogens with one attached hydrogen (secondary N) is 2. The molecule has 0 aliphatic heterocycles. The van der Waals surface area contributed by atoms with Gasteiger partial charge in [-0.1, -0.05) is 0 Å². The number of carbonyl (C=O) groups is 2. The summed E-state index contributed by atoms with van der Waals surface area (Å²) in [5.74, 6) is -0.157. The average molecular weight is 408 g/mol. The van der Waals surface area contributed by atoms with Crippen LogP contribution in [-0.4, -0.2) is 52.8 Å². The van der Waals surface area contributed by atoms with Crippen LogP contribution in [-0.2, 0) is 25.6 Å². The second kappa shape index (κ2) is 10.4. The molecule has 1 aliphatic rings. The highest BCUT2D eigenvalue weighted by Gasteiger charge is 2.38. The van der Waals surface area contributed by atoms with Crippen LogP contribution in [0.15, 0.2) is 17.2 Å². The number of hydrogen-bond acceptors (Lipinski definition) is 8. The maximum Gasteiger partial charge on any atom is 0.326 e. The largest absolute Gasteiger partial charge is 0.465 e. The van der Waals surface area contributed by atoms with Crippen LogP contribution in [0.3, 0.4) is 0 Å². The molecule has 1 heterocycles. The van der Waals surface area contributed by atoms with Crippen LogP contribution < -0.4 is 16.2 Å². The van der Waals surface area contributed by atoms with Gasteiger partial charge in [0.15, 0.2) is 5.82 Å². The number of ether oxygens (including phenoxy) is 2. The summed E-state index contributed by atoms with van der Waals surface area (Å²) in [6.07, 6.45) is 5.67. The van der Waals surface area contributed by atoms with E-state index in [1.54, 1.807) is 6.92 Å². The number of nitrogens with zero attached hydrogens (tertiary/aromatic N) is 2. The molecule has 1 aromatic heterocycles. The van der Waals surface area contributed by atoms with Gasteiger partial charge in [-0.25, -0.2) is 4.98 Å². The lowest BCUT2D eigenvalue weighted by molar-refractivity contribution is -0.158. The van der Waals surface area contributed by atoms with Crippen LogP contribution in [0, 0.1) is 5.92 Å². The number of aromatic nitrogens is 2. The molecule has 2 N–H and O–H groups in total. The first-order valence-electron chi connectivity index (χ1n) is 10.1. The standard InChI is InChI=1S/C20H32N4O5/c1-5-28-15(25)13-24-12-11-23-17(18(24)26)22-10-6-9-21-16(14-7-8-14)19(27)29-20(2,3)4/h11-12,14,16,21H,5-10,13H2,1-4H3,(H,22,23). The molecule has 0 aromatic carbocycles. The maximum absolute atomic E-state index is 12.4. The summed E-state index contributed by atoms with van der Waals surface area (Å²) in [7, 11) is 0. The Morgan fingerprint density at radius 3 is 2.66 bits per heavy atom. The first kappa shape index (κ1) is 22.9. The summed E-state index contributed by atoms with van der Waals surface area (Å²) in [5.41, 5.74) is -0.881. The minimum Gasteiger partial charge on any atom is -0.465 e. The minimum absolute atomic E-state index is 0.148. The van der Waals surface area contributed by atoms with Crippen molar-refractivity contribution in [2.75, 3.05) is 25.0 Å². The minimum atomic E-state index is -0.504. The second-order valence-corrected chi connectivity index (χ2v) is 8.10. The van der Waals surface area contributed by atoms with Gasteiger partial charge in [0.1, 0.15) is 18.2 Å². The van der Waals surface area contributed by atoms with E-state index in [0.29, 0.717) is 25.4 Å². The molecule has 1 saturated carbocycles. The molecule has 0 amide bonds. The van der Waals surface area contributed by atoms with Crippen LogP contribution in [0.1, 0.15) is 47.0 Å². The molecule has 162 valence electrons. The van der Waals surface area contributed by atoms with Crippen molar-refractivity contribution in [2.45, 2.75) is 65.1 Å². The molecular formula is C20H32N4O5. The van der Waals surface area contributed by atoms with Crippen molar-refractivity contribution >= 4 is 17.8 Å². The van der Waals surface area contributed by atoms with Gasteiger partial charge in [0.05, 0.1) is 6.61 Å². The van der Waals surface area contributed by atoms with Crippen LogP contribution in [0.25, 0.3) is 0 Å². The van der Waals surface area contributed by atoms with Crippen molar-refractivity contribution in [3.8, 4) is 0 Å². The summed E-state index contributed by atoms with van der Waals surface area (Å²) < 4.78 is 11.6. The summed E-state index contributed by atoms with van der Waals surface area (Å²) in [5, 5.41) is 6.27. The molecule has 0 radical (unpaired) electrons. The van der Waals surface area contributed by atoms with Gasteiger partial charge in [-0.3, -0.25) is 19.0 Å². The van der Waals surface area contributed by atoms with Crippen LogP contribution in [0.2, 0.25) is 0 Å². The molecule has 1 fully saturated rings. The first-order chi connectivity index (χ1) is 13.7. The van der Waals surface area contributed by atoms with Gasteiger partial charge in [0.2, 0.25) is 0 Å². The molecule has 1 atom stereocenters. The predicted octanol–water partition coefficient (Wildman–Crippen LogP) is 1.32. The highest BCUT2D eigenvalue weighted by Crippen LogP contribution is 2.33. The van der Waals surface area contributed by atoms with Gasteiger partial charge in [0, 0.05) is 18.9 Å². The molecule has 1 aromatic rings. The lowest BCUT2D eigenvalue weighted by Crippen LogP contribution is -2.43. The van der Waals surface area contributed by atoms with Crippen molar-refractivity contribution in [3.05, 3.63) is 22.7 Å². The Morgan fingerprint density at radius 1 is 1.31 bits per heavy atom. The zero-order chi connectivity index (χ0) is 21.4. The fourth-order valence-corrected chi connectivity index (χ4v) is 2.83. The molecule has 1 aliphatic carbocycles. The van der Waals surface area contributed by atoms with Gasteiger partial charge < -0.3 is 20.1 Å². The molecule has 29 heavy (non-hydrogen) atoms. The molecule has 0 spiro atoms. The van der Waals surface area contributed by atoms with Crippen molar-refractivity contribution in [1.82, 2.24) is 14.9 Å². The summed E-state index contributed by atoms with van der Waals surface area (Å²) >= 11 is 0. The Hall–Kier alpha value is -2.42. The summed E-state index contributed by atoms with van der Waals surface area (Å²) in [4.78, 5) is 40.3. The Bertz CT molecular complexity index is 752. The Kier molecular flexibility index (Phi) is 8.19. The van der Waals surface area contributed by atoms with E-state index in [4.69, 9.17) is 9.47 Å². The van der Waals surface area contributed by atoms with E-state index >= 15 is 0 Å². The Morgan fingerprint density at radius 2 is 2.03 bits per heavy atom. The third-order valence-electron chi connectivity index (χ3n) is 4.28. The molecule has 0 saturated heterocycles. The highest BCUT2D eigenvalue weighted by atomic mass is 16.6. The third kappa shape index (κ3) is 7.84. The van der Waals surface area contributed by atoms with Crippen molar-refractivity contribution < 1.29 is 19.1 Å². The number of hydrogen-bond donors (Lipinski definition) is 2. The lowest BCUT2D eigenvalue weighted by Gasteiger charge is -2.24. The van der Waals surface area contributed by atoms with E-state index in [9.17, 15) is 14.4 Å². The van der Waals surface area contributed by atoms with Gasteiger partial charge >= 0.3 is 11.9 Å². The topological polar surface area (TPSA) is 112 Å². The predicted molar refractivity (Wildman–Crippen MR) is 109 cm³/mol. The van der Waals surface area contributed by atoms with E-state index in [0.717, 1.165) is 12.8 Å². The lowest BCUT2D eigenvalue weighted by atomic mass is 10.1. The van der Waals surface area contributed by atoms with Crippen LogP contribution >= 0.6 is 0 Å². The van der Waals surface area contributed by atoms with E-state index in [1.165, 1.54) is 17.0 Å². The normalized spacial score (nSPS) is 14.9. The average Bonchev–Trinajstić information content (AvgIpc) is 3.44. The monoisotopic (exact) mass is 408 g/mol. The van der Waals surface area contributed by atoms with Crippen molar-refractivity contribution in [3.63, 3.8) is 0 Å². The van der Waals surface area contributed by atoms with Crippen molar-refractivity contribution in [2.24, 2.45) is 5.92 Å². The maximum atomic E-state index is 12.4. The fraction of sp³-hybridized carbons (Fsp3) is 0.700. The second-order valence-electron chi connectivity index (χ2n) is 8.10. The smallest absolute Gasteiger partial charge is 0.326 e. The third-order valence-corrected chi connectivity index (χ3v) is 4.28. The van der Waals surface area contributed by atoms with Gasteiger partial charge in [-0.15, -0.1) is 0 Å². The highest BCUT2D eigenvalue weighted by molar-refractivity contribution is 5.77. The van der Waals surface area contributed by atoms with Crippen LogP contribution in [0.5, 0.6) is 0 Å². The number of carbonyl (C=O) groups excluding carboxylic acids is 2. The van der Waals surface area contributed by atoms with E-state index in [-0.39, 0.29) is 36.5 Å². The molecule has 9 nitrogen and oxygen atoms in total. The van der Waals surface area contributed by atoms with E-state index in [1.807, 2.05) is 20.8 Å². The zero-order valence-corrected chi connectivity index (χ0v) is 17.7. The molecule has 0 bridgehead atoms. The number of esters is 2. The number of rotatable bonds is 11. The SMILES string of the molecule is CCOC(=O)Cn1ccnc(NCCCNC(C(=O)OC(C)(C)C)C2CC2)c1=O. The summed E-state index contributed by atoms with van der Waals surface area (Å²) in [6, 6.07) is -0.286. The van der Waals surface area contributed by atoms with E-state index in [2.05, 4.69) is 15.6 Å². The first-order valence-corrected chi connectivity index (χ1v) is 10.1. The van der Waals surface area contributed by atoms with E-state index < -0.39 is 11.6 Å². The number of anilines is 1. The quantitative estimate of drug-likeness (QED) is 0.417. The zero-order valence-electron chi connectivity index (χ0n) is 17.7. The fourth-order valence-electron chi connectivity index (χ4n) is 2.83. The van der Waals surface area contributed by atoms with Crippen molar-refractivity contribution in [1.29, 1.82) is 0 Å². The van der Waals surface area contributed by atoms with Crippen LogP contribution in [0.4, 0.5) is 5.82 Å². The molecular weight excluding hydrogens is 376 g/mol. The molecule has 2 rings (SSSR count). The Balaban J connectivity index is 1.79. The summed E-state index contributed by atoms with van der Waals surface area (Å²) in [6.45, 7) is 8.53. The Labute approximate surface area is 171 Å². The molecule has 1 unspecified atom stereocenters. The molecule has 9 heteroatoms.